The largest absolute Gasteiger partial charge is 0.466 e. The van der Waals surface area contributed by atoms with Gasteiger partial charge >= 0.3 is 5.97 Å². The summed E-state index contributed by atoms with van der Waals surface area (Å²) in [5.74, 6) is 0.762. The van der Waals surface area contributed by atoms with Gasteiger partial charge in [0.25, 0.3) is 0 Å². The van der Waals surface area contributed by atoms with Crippen LogP contribution < -0.4 is 0 Å². The molecule has 0 bridgehead atoms. The normalized spacial score (nSPS) is 11.4. The highest BCUT2D eigenvalue weighted by molar-refractivity contribution is 5.69. The molecule has 0 N–H and O–H groups in total. The first-order valence-corrected chi connectivity index (χ1v) is 15.6. The third kappa shape index (κ3) is 31.4. The lowest BCUT2D eigenvalue weighted by molar-refractivity contribution is -0.144. The Balaban J connectivity index is 3.15. The number of rotatable bonds is 30. The summed E-state index contributed by atoms with van der Waals surface area (Å²) < 4.78 is 21.8. The Hall–Kier alpha value is -0.650. The van der Waals surface area contributed by atoms with Crippen LogP contribution in [0.15, 0.2) is 0 Å². The molecule has 0 rings (SSSR count). The van der Waals surface area contributed by atoms with Crippen molar-refractivity contribution in [2.45, 2.75) is 143 Å². The van der Waals surface area contributed by atoms with Crippen LogP contribution in [0.1, 0.15) is 143 Å². The monoisotopic (exact) mass is 514 g/mol. The van der Waals surface area contributed by atoms with Crippen molar-refractivity contribution in [3.8, 4) is 0 Å². The van der Waals surface area contributed by atoms with Gasteiger partial charge in [-0.3, -0.25) is 4.79 Å². The second kappa shape index (κ2) is 30.6. The maximum absolute atomic E-state index is 11.8. The average molecular weight is 515 g/mol. The van der Waals surface area contributed by atoms with Crippen LogP contribution in [0.5, 0.6) is 0 Å². The number of esters is 1. The third-order valence-corrected chi connectivity index (χ3v) is 6.49. The molecule has 0 atom stereocenters. The molecule has 0 aromatic carbocycles. The Morgan fingerprint density at radius 3 is 1.42 bits per heavy atom. The molecule has 0 saturated carbocycles. The van der Waals surface area contributed by atoms with Crippen molar-refractivity contribution in [3.63, 3.8) is 0 Å². The van der Waals surface area contributed by atoms with Crippen LogP contribution >= 0.6 is 0 Å². The van der Waals surface area contributed by atoms with E-state index in [-0.39, 0.29) is 5.97 Å². The highest BCUT2D eigenvalue weighted by Gasteiger charge is 2.03. The summed E-state index contributed by atoms with van der Waals surface area (Å²) >= 11 is 0. The van der Waals surface area contributed by atoms with E-state index in [0.29, 0.717) is 52.5 Å². The van der Waals surface area contributed by atoms with Gasteiger partial charge < -0.3 is 18.9 Å². The lowest BCUT2D eigenvalue weighted by atomic mass is 10.0. The Kier molecular flexibility index (Phi) is 30.0. The molecular formula is C31H62O5. The standard InChI is InChI=1S/C31H62O5/c1-4-5-18-23-33-26-28-35-29-27-34-24-20-22-31(32)36-25-19-16-14-12-10-8-6-7-9-11-13-15-17-21-30(2)3/h30H,4-29H2,1-3H3. The molecule has 0 aliphatic heterocycles. The lowest BCUT2D eigenvalue weighted by Crippen LogP contribution is -2.11. The van der Waals surface area contributed by atoms with Crippen LogP contribution in [0.3, 0.4) is 0 Å². The summed E-state index contributed by atoms with van der Waals surface area (Å²) in [5, 5.41) is 0. The van der Waals surface area contributed by atoms with Crippen LogP contribution in [0.4, 0.5) is 0 Å². The molecule has 36 heavy (non-hydrogen) atoms. The molecule has 0 aromatic heterocycles. The maximum atomic E-state index is 11.8. The van der Waals surface area contributed by atoms with Gasteiger partial charge in [-0.25, -0.2) is 0 Å². The van der Waals surface area contributed by atoms with E-state index < -0.39 is 0 Å². The van der Waals surface area contributed by atoms with Crippen molar-refractivity contribution in [2.24, 2.45) is 5.92 Å². The fraction of sp³-hybridized carbons (Fsp3) is 0.968. The molecule has 0 radical (unpaired) electrons. The number of hydrogen-bond donors (Lipinski definition) is 0. The molecule has 0 amide bonds. The predicted octanol–water partition coefficient (Wildman–Crippen LogP) is 8.67. The van der Waals surface area contributed by atoms with Gasteiger partial charge in [0.2, 0.25) is 0 Å². The predicted molar refractivity (Wildman–Crippen MR) is 152 cm³/mol. The van der Waals surface area contributed by atoms with Gasteiger partial charge in [0.1, 0.15) is 0 Å². The summed E-state index contributed by atoms with van der Waals surface area (Å²) in [6.45, 7) is 11.2. The number of ether oxygens (including phenoxy) is 4. The molecule has 0 unspecified atom stereocenters. The summed E-state index contributed by atoms with van der Waals surface area (Å²) in [5.41, 5.74) is 0. The molecule has 0 aromatic rings. The zero-order chi connectivity index (χ0) is 26.4. The van der Waals surface area contributed by atoms with Crippen molar-refractivity contribution in [1.82, 2.24) is 0 Å². The third-order valence-electron chi connectivity index (χ3n) is 6.49. The lowest BCUT2D eigenvalue weighted by Gasteiger charge is -2.07. The molecule has 216 valence electrons. The van der Waals surface area contributed by atoms with Crippen molar-refractivity contribution >= 4 is 5.97 Å². The molecular weight excluding hydrogens is 452 g/mol. The van der Waals surface area contributed by atoms with Crippen LogP contribution in [0.2, 0.25) is 0 Å². The average Bonchev–Trinajstić information content (AvgIpc) is 2.86. The summed E-state index contributed by atoms with van der Waals surface area (Å²) in [6.07, 6.45) is 23.5. The Bertz CT molecular complexity index is 427. The fourth-order valence-corrected chi connectivity index (χ4v) is 4.17. The first kappa shape index (κ1) is 35.4. The van der Waals surface area contributed by atoms with E-state index in [1.165, 1.54) is 89.9 Å². The molecule has 0 saturated heterocycles. The SMILES string of the molecule is CCCCCOCCOCCOCCCC(=O)OCCCCCCCCCCCCCCCC(C)C. The summed E-state index contributed by atoms with van der Waals surface area (Å²) in [6, 6.07) is 0. The van der Waals surface area contributed by atoms with Gasteiger partial charge in [-0.1, -0.05) is 117 Å². The van der Waals surface area contributed by atoms with Crippen molar-refractivity contribution in [3.05, 3.63) is 0 Å². The molecule has 0 spiro atoms. The summed E-state index contributed by atoms with van der Waals surface area (Å²) in [4.78, 5) is 11.8. The van der Waals surface area contributed by atoms with E-state index in [2.05, 4.69) is 20.8 Å². The van der Waals surface area contributed by atoms with Gasteiger partial charge in [-0.2, -0.15) is 0 Å². The van der Waals surface area contributed by atoms with E-state index >= 15 is 0 Å². The molecule has 0 aliphatic carbocycles. The topological polar surface area (TPSA) is 54.0 Å². The molecule has 5 nitrogen and oxygen atoms in total. The zero-order valence-electron chi connectivity index (χ0n) is 24.5. The van der Waals surface area contributed by atoms with Crippen molar-refractivity contribution in [2.75, 3.05) is 46.2 Å². The van der Waals surface area contributed by atoms with E-state index in [1.807, 2.05) is 0 Å². The Morgan fingerprint density at radius 1 is 0.500 bits per heavy atom. The molecule has 0 fully saturated rings. The highest BCUT2D eigenvalue weighted by Crippen LogP contribution is 2.14. The minimum absolute atomic E-state index is 0.102. The Labute approximate surface area is 224 Å². The molecule has 0 heterocycles. The Morgan fingerprint density at radius 2 is 0.917 bits per heavy atom. The van der Waals surface area contributed by atoms with Gasteiger partial charge in [-0.05, 0) is 25.2 Å². The maximum Gasteiger partial charge on any atom is 0.305 e. The van der Waals surface area contributed by atoms with Crippen molar-refractivity contribution < 1.29 is 23.7 Å². The van der Waals surface area contributed by atoms with E-state index in [9.17, 15) is 4.79 Å². The first-order chi connectivity index (χ1) is 17.7. The quantitative estimate of drug-likeness (QED) is 0.0709. The molecule has 5 heteroatoms. The second-order valence-corrected chi connectivity index (χ2v) is 10.6. The van der Waals surface area contributed by atoms with Gasteiger partial charge in [-0.15, -0.1) is 0 Å². The zero-order valence-corrected chi connectivity index (χ0v) is 24.5. The highest BCUT2D eigenvalue weighted by atomic mass is 16.5. The van der Waals surface area contributed by atoms with E-state index in [4.69, 9.17) is 18.9 Å². The number of carbonyl (C=O) groups excluding carboxylic acids is 1. The van der Waals surface area contributed by atoms with E-state index in [0.717, 1.165) is 31.8 Å². The first-order valence-electron chi connectivity index (χ1n) is 15.6. The summed E-state index contributed by atoms with van der Waals surface area (Å²) in [7, 11) is 0. The number of unbranched alkanes of at least 4 members (excludes halogenated alkanes) is 14. The van der Waals surface area contributed by atoms with Crippen LogP contribution in [-0.4, -0.2) is 52.2 Å². The minimum atomic E-state index is -0.102. The van der Waals surface area contributed by atoms with Crippen LogP contribution in [-0.2, 0) is 23.7 Å². The second-order valence-electron chi connectivity index (χ2n) is 10.6. The van der Waals surface area contributed by atoms with E-state index in [1.54, 1.807) is 0 Å². The fourth-order valence-electron chi connectivity index (χ4n) is 4.17. The van der Waals surface area contributed by atoms with Gasteiger partial charge in [0.05, 0.1) is 33.0 Å². The van der Waals surface area contributed by atoms with Crippen LogP contribution in [0.25, 0.3) is 0 Å². The minimum Gasteiger partial charge on any atom is -0.466 e. The van der Waals surface area contributed by atoms with Crippen LogP contribution in [0, 0.1) is 5.92 Å². The molecule has 0 aliphatic rings. The van der Waals surface area contributed by atoms with Crippen molar-refractivity contribution in [1.29, 1.82) is 0 Å². The smallest absolute Gasteiger partial charge is 0.305 e. The number of carbonyl (C=O) groups is 1. The van der Waals surface area contributed by atoms with Gasteiger partial charge in [0, 0.05) is 19.6 Å². The number of hydrogen-bond acceptors (Lipinski definition) is 5. The van der Waals surface area contributed by atoms with Gasteiger partial charge in [0.15, 0.2) is 0 Å².